The Hall–Kier alpha value is -2.68. The number of non-ortho nitro benzene ring substituents is 1. The molecule has 0 heterocycles. The molecule has 0 aliphatic carbocycles. The summed E-state index contributed by atoms with van der Waals surface area (Å²) in [5.74, 6) is 3.66. The molecule has 9 heteroatoms. The van der Waals surface area contributed by atoms with Gasteiger partial charge in [-0.25, -0.2) is 15.4 Å². The lowest BCUT2D eigenvalue weighted by atomic mass is 10.2. The molecule has 0 spiro atoms. The minimum atomic E-state index is -1.09. The van der Waals surface area contributed by atoms with Gasteiger partial charge in [0.15, 0.2) is 0 Å². The van der Waals surface area contributed by atoms with Gasteiger partial charge in [0.25, 0.3) is 5.69 Å². The summed E-state index contributed by atoms with van der Waals surface area (Å²) in [5, 5.41) is 18.6. The fraction of sp³-hybridized carbons (Fsp3) is 0.333. The highest BCUT2D eigenvalue weighted by Gasteiger charge is 2.14. The second-order valence-electron chi connectivity index (χ2n) is 4.76. The molecule has 0 radical (unpaired) electrons. The summed E-state index contributed by atoms with van der Waals surface area (Å²) < 4.78 is 4.71. The second-order valence-corrected chi connectivity index (χ2v) is 4.76. The number of nitrogens with zero attached hydrogens (tertiary/aromatic N) is 1. The fourth-order valence-electron chi connectivity index (χ4n) is 1.03. The Balaban J connectivity index is 0.000000400. The van der Waals surface area contributed by atoms with E-state index < -0.39 is 22.6 Å². The third-order valence-electron chi connectivity index (χ3n) is 1.84. The highest BCUT2D eigenvalue weighted by Crippen LogP contribution is 2.11. The zero-order valence-electron chi connectivity index (χ0n) is 11.8. The lowest BCUT2D eigenvalue weighted by Gasteiger charge is -2.18. The minimum absolute atomic E-state index is 0.0422. The number of ether oxygens (including phenoxy) is 1. The molecule has 0 atom stereocenters. The molecule has 1 aromatic carbocycles. The summed E-state index contributed by atoms with van der Waals surface area (Å²) in [7, 11) is 0. The normalized spacial score (nSPS) is 9.90. The van der Waals surface area contributed by atoms with E-state index >= 15 is 0 Å². The summed E-state index contributed by atoms with van der Waals surface area (Å²) in [6.45, 7) is 5.30. The molecule has 21 heavy (non-hydrogen) atoms. The lowest BCUT2D eigenvalue weighted by molar-refractivity contribution is -0.384. The molecule has 0 aliphatic rings. The predicted octanol–water partition coefficient (Wildman–Crippen LogP) is 1.68. The van der Waals surface area contributed by atoms with Gasteiger partial charge < -0.3 is 9.84 Å². The van der Waals surface area contributed by atoms with Crippen LogP contribution in [-0.2, 0) is 4.74 Å². The third kappa shape index (κ3) is 8.16. The number of nitrogens with two attached hydrogens (primary N) is 1. The van der Waals surface area contributed by atoms with E-state index in [0.29, 0.717) is 0 Å². The number of hydrogen-bond donors (Lipinski definition) is 3. The number of benzene rings is 1. The molecule has 0 saturated heterocycles. The molecule has 0 bridgehead atoms. The first-order valence-corrected chi connectivity index (χ1v) is 5.74. The van der Waals surface area contributed by atoms with Gasteiger partial charge in [0.1, 0.15) is 5.60 Å². The Labute approximate surface area is 120 Å². The Morgan fingerprint density at radius 3 is 2.00 bits per heavy atom. The van der Waals surface area contributed by atoms with Crippen molar-refractivity contribution in [3.05, 3.63) is 39.9 Å². The number of aromatic carboxylic acids is 1. The number of carbonyl (C=O) groups is 2. The SMILES string of the molecule is CC(C)(C)OC(=O)NN.O=C(O)c1ccc([N+](=O)[O-])cc1. The molecule has 9 nitrogen and oxygen atoms in total. The number of nitro benzene ring substituents is 1. The van der Waals surface area contributed by atoms with Crippen LogP contribution in [0.3, 0.4) is 0 Å². The van der Waals surface area contributed by atoms with Gasteiger partial charge in [-0.3, -0.25) is 15.5 Å². The standard InChI is InChI=1S/C7H5NO4.C5H12N2O2/c9-7(10)5-1-3-6(4-2-5)8(11)12;1-5(2,3)9-4(8)7-6/h1-4H,(H,9,10);6H2,1-3H3,(H,7,8). The molecule has 0 saturated carbocycles. The van der Waals surface area contributed by atoms with E-state index in [1.54, 1.807) is 20.8 Å². The molecule has 1 aromatic rings. The maximum Gasteiger partial charge on any atom is 0.421 e. The fourth-order valence-corrected chi connectivity index (χ4v) is 1.03. The lowest BCUT2D eigenvalue weighted by Crippen LogP contribution is -2.36. The first-order valence-electron chi connectivity index (χ1n) is 5.74. The van der Waals surface area contributed by atoms with Gasteiger partial charge in [0, 0.05) is 12.1 Å². The van der Waals surface area contributed by atoms with Crippen LogP contribution in [0.5, 0.6) is 0 Å². The number of carbonyl (C=O) groups excluding carboxylic acids is 1. The van der Waals surface area contributed by atoms with Crippen molar-refractivity contribution in [2.75, 3.05) is 0 Å². The maximum atomic E-state index is 10.4. The van der Waals surface area contributed by atoms with Crippen molar-refractivity contribution in [3.8, 4) is 0 Å². The summed E-state index contributed by atoms with van der Waals surface area (Å²) in [6, 6.07) is 4.70. The van der Waals surface area contributed by atoms with Crippen molar-refractivity contribution in [1.29, 1.82) is 0 Å². The highest BCUT2D eigenvalue weighted by atomic mass is 16.6. The second kappa shape index (κ2) is 7.80. The molecule has 1 amide bonds. The molecule has 4 N–H and O–H groups in total. The van der Waals surface area contributed by atoms with Crippen LogP contribution in [0.25, 0.3) is 0 Å². The molecule has 116 valence electrons. The zero-order valence-corrected chi connectivity index (χ0v) is 11.8. The number of nitro groups is 1. The van der Waals surface area contributed by atoms with Gasteiger partial charge in [-0.1, -0.05) is 0 Å². The smallest absolute Gasteiger partial charge is 0.421 e. The molecule has 0 aliphatic heterocycles. The summed E-state index contributed by atoms with van der Waals surface area (Å²) in [4.78, 5) is 30.2. The number of carboxylic acids is 1. The van der Waals surface area contributed by atoms with E-state index in [2.05, 4.69) is 0 Å². The predicted molar refractivity (Wildman–Crippen MR) is 73.6 cm³/mol. The van der Waals surface area contributed by atoms with Crippen molar-refractivity contribution in [1.82, 2.24) is 5.43 Å². The van der Waals surface area contributed by atoms with Crippen LogP contribution in [0.4, 0.5) is 10.5 Å². The van der Waals surface area contributed by atoms with E-state index in [1.165, 1.54) is 12.1 Å². The first kappa shape index (κ1) is 18.3. The Morgan fingerprint density at radius 2 is 1.76 bits per heavy atom. The van der Waals surface area contributed by atoms with Crippen molar-refractivity contribution in [3.63, 3.8) is 0 Å². The monoisotopic (exact) mass is 299 g/mol. The van der Waals surface area contributed by atoms with Gasteiger partial charge >= 0.3 is 12.1 Å². The van der Waals surface area contributed by atoms with E-state index in [1.807, 2.05) is 5.43 Å². The van der Waals surface area contributed by atoms with E-state index in [0.717, 1.165) is 12.1 Å². The molecule has 0 unspecified atom stereocenters. The van der Waals surface area contributed by atoms with Crippen LogP contribution in [-0.4, -0.2) is 27.7 Å². The van der Waals surface area contributed by atoms with Gasteiger partial charge in [0.05, 0.1) is 10.5 Å². The molecule has 0 fully saturated rings. The molecule has 0 aromatic heterocycles. The third-order valence-corrected chi connectivity index (χ3v) is 1.84. The maximum absolute atomic E-state index is 10.4. The number of nitrogens with one attached hydrogen (secondary N) is 1. The summed E-state index contributed by atoms with van der Waals surface area (Å²) in [5.41, 5.74) is 1.32. The minimum Gasteiger partial charge on any atom is -0.478 e. The number of hydrogen-bond acceptors (Lipinski definition) is 6. The highest BCUT2D eigenvalue weighted by molar-refractivity contribution is 5.87. The van der Waals surface area contributed by atoms with Crippen molar-refractivity contribution >= 4 is 17.7 Å². The number of carboxylic acid groups (broad SMARTS) is 1. The van der Waals surface area contributed by atoms with Crippen LogP contribution in [0.2, 0.25) is 0 Å². The van der Waals surface area contributed by atoms with Crippen LogP contribution >= 0.6 is 0 Å². The van der Waals surface area contributed by atoms with Crippen LogP contribution in [0, 0.1) is 10.1 Å². The largest absolute Gasteiger partial charge is 0.478 e. The summed E-state index contributed by atoms with van der Waals surface area (Å²) in [6.07, 6.45) is -0.609. The zero-order chi connectivity index (χ0) is 16.6. The Bertz CT molecular complexity index is 474. The Kier molecular flexibility index (Phi) is 6.80. The molecule has 1 rings (SSSR count). The summed E-state index contributed by atoms with van der Waals surface area (Å²) >= 11 is 0. The quantitative estimate of drug-likeness (QED) is 0.326. The first-order chi connectivity index (χ1) is 9.56. The van der Waals surface area contributed by atoms with Crippen molar-refractivity contribution in [2.45, 2.75) is 26.4 Å². The van der Waals surface area contributed by atoms with Gasteiger partial charge in [0.2, 0.25) is 0 Å². The van der Waals surface area contributed by atoms with Crippen LogP contribution in [0.15, 0.2) is 24.3 Å². The van der Waals surface area contributed by atoms with E-state index in [4.69, 9.17) is 15.7 Å². The Morgan fingerprint density at radius 1 is 1.29 bits per heavy atom. The van der Waals surface area contributed by atoms with Crippen LogP contribution < -0.4 is 11.3 Å². The van der Waals surface area contributed by atoms with Crippen LogP contribution in [0.1, 0.15) is 31.1 Å². The number of amides is 1. The topological polar surface area (TPSA) is 145 Å². The number of rotatable bonds is 2. The van der Waals surface area contributed by atoms with E-state index in [-0.39, 0.29) is 11.3 Å². The average molecular weight is 299 g/mol. The van der Waals surface area contributed by atoms with E-state index in [9.17, 15) is 19.7 Å². The van der Waals surface area contributed by atoms with Gasteiger partial charge in [-0.2, -0.15) is 0 Å². The molecular formula is C12H17N3O6. The van der Waals surface area contributed by atoms with Gasteiger partial charge in [-0.15, -0.1) is 0 Å². The average Bonchev–Trinajstić information content (AvgIpc) is 2.37. The van der Waals surface area contributed by atoms with Crippen molar-refractivity contribution < 1.29 is 24.4 Å². The molecular weight excluding hydrogens is 282 g/mol. The van der Waals surface area contributed by atoms with Gasteiger partial charge in [-0.05, 0) is 32.9 Å². The number of hydrazine groups is 1. The van der Waals surface area contributed by atoms with Crippen molar-refractivity contribution in [2.24, 2.45) is 5.84 Å².